The van der Waals surface area contributed by atoms with E-state index in [1.807, 2.05) is 24.4 Å². The molecule has 3 rings (SSSR count). The standard InChI is InChI=1S/C16H14FN3OS2/c1-11-15(21)20(10-12-4-6-13(17)7-5-12)16(23-11)19-18-9-14-3-2-8-22-14/h2-9,11H,10H2,1H3/b18-9+,19-16-. The lowest BCUT2D eigenvalue weighted by Crippen LogP contribution is -2.30. The normalized spacial score (nSPS) is 20.1. The van der Waals surface area contributed by atoms with Crippen LogP contribution in [0.3, 0.4) is 0 Å². The highest BCUT2D eigenvalue weighted by Crippen LogP contribution is 2.28. The van der Waals surface area contributed by atoms with E-state index in [4.69, 9.17) is 0 Å². The molecule has 2 aromatic rings. The van der Waals surface area contributed by atoms with Crippen molar-refractivity contribution < 1.29 is 9.18 Å². The highest BCUT2D eigenvalue weighted by atomic mass is 32.2. The third kappa shape index (κ3) is 3.86. The van der Waals surface area contributed by atoms with E-state index in [-0.39, 0.29) is 17.0 Å². The molecule has 1 aromatic heterocycles. The van der Waals surface area contributed by atoms with E-state index < -0.39 is 0 Å². The molecule has 1 amide bonds. The van der Waals surface area contributed by atoms with Gasteiger partial charge >= 0.3 is 0 Å². The third-order valence-corrected chi connectivity index (χ3v) is 5.13. The molecule has 0 saturated carbocycles. The van der Waals surface area contributed by atoms with Crippen molar-refractivity contribution in [2.24, 2.45) is 10.2 Å². The van der Waals surface area contributed by atoms with Gasteiger partial charge in [-0.25, -0.2) is 4.39 Å². The molecule has 1 aliphatic heterocycles. The van der Waals surface area contributed by atoms with E-state index in [1.165, 1.54) is 23.9 Å². The summed E-state index contributed by atoms with van der Waals surface area (Å²) in [5.41, 5.74) is 0.851. The SMILES string of the molecule is CC1S/C(=N\N=C\c2cccs2)N(Cc2ccc(F)cc2)C1=O. The van der Waals surface area contributed by atoms with Gasteiger partial charge in [0, 0.05) is 4.88 Å². The number of rotatable bonds is 4. The van der Waals surface area contributed by atoms with Gasteiger partial charge in [-0.15, -0.1) is 16.4 Å². The maximum atomic E-state index is 13.0. The van der Waals surface area contributed by atoms with Gasteiger partial charge in [0.25, 0.3) is 0 Å². The number of carbonyl (C=O) groups is 1. The zero-order valence-corrected chi connectivity index (χ0v) is 14.0. The minimum Gasteiger partial charge on any atom is -0.284 e. The molecule has 7 heteroatoms. The first kappa shape index (κ1) is 15.9. The van der Waals surface area contributed by atoms with Crippen LogP contribution in [0.4, 0.5) is 4.39 Å². The number of halogens is 1. The third-order valence-electron chi connectivity index (χ3n) is 3.25. The summed E-state index contributed by atoms with van der Waals surface area (Å²) in [6.45, 7) is 2.21. The molecular weight excluding hydrogens is 333 g/mol. The fourth-order valence-electron chi connectivity index (χ4n) is 2.08. The maximum absolute atomic E-state index is 13.0. The summed E-state index contributed by atoms with van der Waals surface area (Å²) in [4.78, 5) is 14.9. The van der Waals surface area contributed by atoms with E-state index in [9.17, 15) is 9.18 Å². The molecule has 23 heavy (non-hydrogen) atoms. The molecule has 0 spiro atoms. The van der Waals surface area contributed by atoms with Gasteiger partial charge in [-0.05, 0) is 36.1 Å². The van der Waals surface area contributed by atoms with Gasteiger partial charge in [0.1, 0.15) is 5.82 Å². The number of amides is 1. The number of benzene rings is 1. The van der Waals surface area contributed by atoms with Crippen LogP contribution < -0.4 is 0 Å². The van der Waals surface area contributed by atoms with Crippen molar-refractivity contribution in [3.05, 3.63) is 58.0 Å². The predicted molar refractivity (Wildman–Crippen MR) is 93.4 cm³/mol. The second-order valence-electron chi connectivity index (χ2n) is 4.95. The van der Waals surface area contributed by atoms with Crippen LogP contribution in [0, 0.1) is 5.82 Å². The summed E-state index contributed by atoms with van der Waals surface area (Å²) in [5, 5.41) is 10.6. The summed E-state index contributed by atoms with van der Waals surface area (Å²) in [7, 11) is 0. The van der Waals surface area contributed by atoms with Gasteiger partial charge in [-0.2, -0.15) is 5.10 Å². The minimum absolute atomic E-state index is 0.00982. The Morgan fingerprint density at radius 1 is 1.30 bits per heavy atom. The van der Waals surface area contributed by atoms with Crippen molar-refractivity contribution in [2.45, 2.75) is 18.7 Å². The Hall–Kier alpha value is -1.99. The average Bonchev–Trinajstić information content (AvgIpc) is 3.14. The Balaban J connectivity index is 1.77. The monoisotopic (exact) mass is 347 g/mol. The number of hydrogen-bond donors (Lipinski definition) is 0. The number of thioether (sulfide) groups is 1. The molecule has 2 heterocycles. The average molecular weight is 347 g/mol. The molecule has 1 fully saturated rings. The lowest BCUT2D eigenvalue weighted by atomic mass is 10.2. The van der Waals surface area contributed by atoms with Crippen molar-refractivity contribution in [1.82, 2.24) is 4.90 Å². The summed E-state index contributed by atoms with van der Waals surface area (Å²) < 4.78 is 13.0. The van der Waals surface area contributed by atoms with Crippen LogP contribution in [0.15, 0.2) is 52.0 Å². The first-order valence-electron chi connectivity index (χ1n) is 7.00. The second kappa shape index (κ2) is 7.06. The van der Waals surface area contributed by atoms with Crippen molar-refractivity contribution in [2.75, 3.05) is 0 Å². The highest BCUT2D eigenvalue weighted by molar-refractivity contribution is 8.15. The van der Waals surface area contributed by atoms with Crippen LogP contribution >= 0.6 is 23.1 Å². The van der Waals surface area contributed by atoms with Gasteiger partial charge in [-0.3, -0.25) is 9.69 Å². The molecular formula is C16H14FN3OS2. The van der Waals surface area contributed by atoms with Crippen molar-refractivity contribution in [3.8, 4) is 0 Å². The van der Waals surface area contributed by atoms with E-state index in [2.05, 4.69) is 10.2 Å². The van der Waals surface area contributed by atoms with Crippen LogP contribution in [0.1, 0.15) is 17.4 Å². The Morgan fingerprint density at radius 2 is 2.09 bits per heavy atom. The molecule has 0 radical (unpaired) electrons. The molecule has 1 aliphatic rings. The maximum Gasteiger partial charge on any atom is 0.242 e. The van der Waals surface area contributed by atoms with E-state index >= 15 is 0 Å². The molecule has 0 N–H and O–H groups in total. The summed E-state index contributed by atoms with van der Waals surface area (Å²) in [5.74, 6) is -0.303. The number of hydrogen-bond acceptors (Lipinski definition) is 5. The molecule has 118 valence electrons. The zero-order valence-electron chi connectivity index (χ0n) is 12.3. The lowest BCUT2D eigenvalue weighted by molar-refractivity contribution is -0.126. The van der Waals surface area contributed by atoms with Gasteiger partial charge in [-0.1, -0.05) is 30.0 Å². The molecule has 1 aromatic carbocycles. The fourth-order valence-corrected chi connectivity index (χ4v) is 3.58. The molecule has 1 saturated heterocycles. The van der Waals surface area contributed by atoms with Crippen molar-refractivity contribution in [3.63, 3.8) is 0 Å². The molecule has 4 nitrogen and oxygen atoms in total. The number of carbonyl (C=O) groups excluding carboxylic acids is 1. The fraction of sp³-hybridized carbons (Fsp3) is 0.188. The van der Waals surface area contributed by atoms with E-state index in [0.717, 1.165) is 10.4 Å². The van der Waals surface area contributed by atoms with Crippen LogP contribution in [0.5, 0.6) is 0 Å². The first-order valence-corrected chi connectivity index (χ1v) is 8.76. The Labute approximate surface area is 141 Å². The van der Waals surface area contributed by atoms with Crippen LogP contribution in [0.2, 0.25) is 0 Å². The number of amidine groups is 1. The van der Waals surface area contributed by atoms with E-state index in [1.54, 1.807) is 34.6 Å². The largest absolute Gasteiger partial charge is 0.284 e. The molecule has 1 unspecified atom stereocenters. The van der Waals surface area contributed by atoms with Gasteiger partial charge < -0.3 is 0 Å². The van der Waals surface area contributed by atoms with Gasteiger partial charge in [0.2, 0.25) is 5.91 Å². The Bertz CT molecular complexity index is 741. The summed E-state index contributed by atoms with van der Waals surface area (Å²) in [6, 6.07) is 10.00. The topological polar surface area (TPSA) is 45.0 Å². The van der Waals surface area contributed by atoms with Crippen molar-refractivity contribution in [1.29, 1.82) is 0 Å². The van der Waals surface area contributed by atoms with E-state index in [0.29, 0.717) is 11.7 Å². The number of nitrogens with zero attached hydrogens (tertiary/aromatic N) is 3. The molecule has 0 aliphatic carbocycles. The first-order chi connectivity index (χ1) is 11.1. The van der Waals surface area contributed by atoms with Gasteiger partial charge in [0.05, 0.1) is 18.0 Å². The summed E-state index contributed by atoms with van der Waals surface area (Å²) in [6.07, 6.45) is 1.67. The van der Waals surface area contributed by atoms with Crippen LogP contribution in [-0.2, 0) is 11.3 Å². The predicted octanol–water partition coefficient (Wildman–Crippen LogP) is 3.74. The van der Waals surface area contributed by atoms with Gasteiger partial charge in [0.15, 0.2) is 5.17 Å². The van der Waals surface area contributed by atoms with Crippen molar-refractivity contribution >= 4 is 40.4 Å². The minimum atomic E-state index is -0.293. The molecule has 0 bridgehead atoms. The quantitative estimate of drug-likeness (QED) is 0.625. The summed E-state index contributed by atoms with van der Waals surface area (Å²) >= 11 is 2.95. The Kier molecular flexibility index (Phi) is 4.88. The van der Waals surface area contributed by atoms with Crippen LogP contribution in [0.25, 0.3) is 0 Å². The van der Waals surface area contributed by atoms with Crippen LogP contribution in [-0.4, -0.2) is 27.4 Å². The molecule has 1 atom stereocenters. The Morgan fingerprint density at radius 3 is 2.78 bits per heavy atom. The second-order valence-corrected chi connectivity index (χ2v) is 7.24. The zero-order chi connectivity index (χ0) is 16.2. The highest BCUT2D eigenvalue weighted by Gasteiger charge is 2.35. The number of thiophene rings is 1. The smallest absolute Gasteiger partial charge is 0.242 e. The lowest BCUT2D eigenvalue weighted by Gasteiger charge is -2.15.